The number of ether oxygens (including phenoxy) is 1. The molecule has 1 fully saturated rings. The molecule has 5 nitrogen and oxygen atoms in total. The maximum atomic E-state index is 12.2. The summed E-state index contributed by atoms with van der Waals surface area (Å²) in [5, 5.41) is 12.2. The number of carbonyl (C=O) groups is 1. The highest BCUT2D eigenvalue weighted by Crippen LogP contribution is 2.21. The van der Waals surface area contributed by atoms with Crippen LogP contribution in [0.5, 0.6) is 0 Å². The Kier molecular flexibility index (Phi) is 6.75. The summed E-state index contributed by atoms with van der Waals surface area (Å²) in [7, 11) is 0. The van der Waals surface area contributed by atoms with Crippen molar-refractivity contribution in [2.75, 3.05) is 39.5 Å². The van der Waals surface area contributed by atoms with Gasteiger partial charge in [0.05, 0.1) is 19.3 Å². The van der Waals surface area contributed by atoms with Crippen LogP contribution in [0.1, 0.15) is 33.6 Å². The number of hydrogen-bond acceptors (Lipinski definition) is 4. The molecule has 1 saturated heterocycles. The van der Waals surface area contributed by atoms with Crippen molar-refractivity contribution in [1.82, 2.24) is 10.2 Å². The van der Waals surface area contributed by atoms with Crippen molar-refractivity contribution >= 4 is 5.91 Å². The molecule has 0 aromatic carbocycles. The molecule has 112 valence electrons. The maximum absolute atomic E-state index is 12.2. The van der Waals surface area contributed by atoms with E-state index in [9.17, 15) is 4.79 Å². The van der Waals surface area contributed by atoms with Gasteiger partial charge in [-0.25, -0.2) is 0 Å². The van der Waals surface area contributed by atoms with E-state index in [1.165, 1.54) is 0 Å². The van der Waals surface area contributed by atoms with Crippen LogP contribution in [0.25, 0.3) is 0 Å². The van der Waals surface area contributed by atoms with Crippen LogP contribution in [0.3, 0.4) is 0 Å². The van der Waals surface area contributed by atoms with E-state index in [0.717, 1.165) is 19.4 Å². The second-order valence-electron chi connectivity index (χ2n) is 6.03. The molecule has 1 rings (SSSR count). The molecule has 1 atom stereocenters. The van der Waals surface area contributed by atoms with Gasteiger partial charge in [0.1, 0.15) is 0 Å². The number of rotatable bonds is 7. The Morgan fingerprint density at radius 2 is 2.05 bits per heavy atom. The van der Waals surface area contributed by atoms with Crippen LogP contribution >= 0.6 is 0 Å². The highest BCUT2D eigenvalue weighted by atomic mass is 16.5. The van der Waals surface area contributed by atoms with Gasteiger partial charge in [-0.05, 0) is 25.2 Å². The lowest BCUT2D eigenvalue weighted by molar-refractivity contribution is -0.137. The number of carbonyl (C=O) groups excluding carboxylic acids is 1. The fourth-order valence-electron chi connectivity index (χ4n) is 2.22. The lowest BCUT2D eigenvalue weighted by Gasteiger charge is -2.31. The Morgan fingerprint density at radius 3 is 2.63 bits per heavy atom. The molecule has 1 aliphatic heterocycles. The molecular formula is C14H28N2O3. The lowest BCUT2D eigenvalue weighted by Crippen LogP contribution is -2.50. The van der Waals surface area contributed by atoms with Gasteiger partial charge in [-0.15, -0.1) is 0 Å². The van der Waals surface area contributed by atoms with Gasteiger partial charge in [-0.2, -0.15) is 0 Å². The number of nitrogens with one attached hydrogen (secondary N) is 1. The molecule has 19 heavy (non-hydrogen) atoms. The second-order valence-corrected chi connectivity index (χ2v) is 6.03. The van der Waals surface area contributed by atoms with Gasteiger partial charge in [0.25, 0.3) is 0 Å². The number of nitrogens with zero attached hydrogens (tertiary/aromatic N) is 1. The first kappa shape index (κ1) is 16.4. The number of hydrogen-bond donors (Lipinski definition) is 2. The average Bonchev–Trinajstić information content (AvgIpc) is 2.43. The summed E-state index contributed by atoms with van der Waals surface area (Å²) in [5.41, 5.74) is 0.0995. The van der Waals surface area contributed by atoms with E-state index >= 15 is 0 Å². The Labute approximate surface area is 116 Å². The largest absolute Gasteiger partial charge is 0.396 e. The summed E-state index contributed by atoms with van der Waals surface area (Å²) >= 11 is 0. The average molecular weight is 272 g/mol. The molecule has 1 aliphatic rings. The van der Waals surface area contributed by atoms with Crippen molar-refractivity contribution < 1.29 is 14.6 Å². The predicted octanol–water partition coefficient (Wildman–Crippen LogP) is 0.622. The van der Waals surface area contributed by atoms with Crippen molar-refractivity contribution in [3.05, 3.63) is 0 Å². The van der Waals surface area contributed by atoms with Crippen molar-refractivity contribution in [2.24, 2.45) is 5.41 Å². The molecule has 0 bridgehead atoms. The van der Waals surface area contributed by atoms with Crippen LogP contribution < -0.4 is 5.32 Å². The molecule has 1 heterocycles. The van der Waals surface area contributed by atoms with E-state index in [1.54, 1.807) is 0 Å². The minimum atomic E-state index is -0.161. The van der Waals surface area contributed by atoms with Gasteiger partial charge in [0.2, 0.25) is 5.91 Å². The smallest absolute Gasteiger partial charge is 0.239 e. The third kappa shape index (κ3) is 5.89. The van der Waals surface area contributed by atoms with Gasteiger partial charge in [0.15, 0.2) is 0 Å². The number of amides is 1. The first-order valence-corrected chi connectivity index (χ1v) is 7.17. The van der Waals surface area contributed by atoms with E-state index in [0.29, 0.717) is 26.3 Å². The van der Waals surface area contributed by atoms with Crippen molar-refractivity contribution in [2.45, 2.75) is 39.7 Å². The van der Waals surface area contributed by atoms with Crippen molar-refractivity contribution in [3.8, 4) is 0 Å². The molecule has 0 spiro atoms. The monoisotopic (exact) mass is 272 g/mol. The first-order chi connectivity index (χ1) is 8.96. The second kappa shape index (κ2) is 7.82. The fraction of sp³-hybridized carbons (Fsp3) is 0.929. The van der Waals surface area contributed by atoms with E-state index < -0.39 is 0 Å². The molecular weight excluding hydrogens is 244 g/mol. The summed E-state index contributed by atoms with van der Waals surface area (Å²) in [5.74, 6) is 0.154. The minimum absolute atomic E-state index is 0.0995. The maximum Gasteiger partial charge on any atom is 0.239 e. The van der Waals surface area contributed by atoms with Gasteiger partial charge < -0.3 is 20.1 Å². The summed E-state index contributed by atoms with van der Waals surface area (Å²) in [6.45, 7) is 9.90. The summed E-state index contributed by atoms with van der Waals surface area (Å²) in [6.07, 6.45) is 1.76. The third-order valence-corrected chi connectivity index (χ3v) is 3.59. The molecule has 1 unspecified atom stereocenters. The predicted molar refractivity (Wildman–Crippen MR) is 75.0 cm³/mol. The van der Waals surface area contributed by atoms with Crippen LogP contribution in [-0.4, -0.2) is 61.4 Å². The SMILES string of the molecule is CC(NCC(C)(C)CCCO)C(=O)N1CCOCC1. The topological polar surface area (TPSA) is 61.8 Å². The highest BCUT2D eigenvalue weighted by Gasteiger charge is 2.24. The van der Waals surface area contributed by atoms with Gasteiger partial charge in [0, 0.05) is 26.2 Å². The summed E-state index contributed by atoms with van der Waals surface area (Å²) in [6, 6.07) is -0.161. The quantitative estimate of drug-likeness (QED) is 0.713. The Bertz CT molecular complexity index is 276. The molecule has 5 heteroatoms. The van der Waals surface area contributed by atoms with Crippen LogP contribution in [0.4, 0.5) is 0 Å². The fourth-order valence-corrected chi connectivity index (χ4v) is 2.22. The highest BCUT2D eigenvalue weighted by molar-refractivity contribution is 5.81. The van der Waals surface area contributed by atoms with Gasteiger partial charge >= 0.3 is 0 Å². The number of morpholine rings is 1. The molecule has 1 amide bonds. The summed E-state index contributed by atoms with van der Waals surface area (Å²) < 4.78 is 5.25. The van der Waals surface area contributed by atoms with Crippen LogP contribution in [0.15, 0.2) is 0 Å². The van der Waals surface area contributed by atoms with E-state index in [1.807, 2.05) is 11.8 Å². The van der Waals surface area contributed by atoms with E-state index in [2.05, 4.69) is 19.2 Å². The number of aliphatic hydroxyl groups excluding tert-OH is 1. The Hall–Kier alpha value is -0.650. The van der Waals surface area contributed by atoms with Crippen molar-refractivity contribution in [3.63, 3.8) is 0 Å². The van der Waals surface area contributed by atoms with Gasteiger partial charge in [-0.3, -0.25) is 4.79 Å². The van der Waals surface area contributed by atoms with E-state index in [4.69, 9.17) is 9.84 Å². The molecule has 0 radical (unpaired) electrons. The third-order valence-electron chi connectivity index (χ3n) is 3.59. The molecule has 2 N–H and O–H groups in total. The summed E-state index contributed by atoms with van der Waals surface area (Å²) in [4.78, 5) is 14.1. The lowest BCUT2D eigenvalue weighted by atomic mass is 9.87. The normalized spacial score (nSPS) is 18.4. The molecule has 0 aromatic rings. The molecule has 0 saturated carbocycles. The molecule has 0 aliphatic carbocycles. The van der Waals surface area contributed by atoms with Crippen LogP contribution in [0, 0.1) is 5.41 Å². The van der Waals surface area contributed by atoms with Crippen LogP contribution in [-0.2, 0) is 9.53 Å². The zero-order valence-electron chi connectivity index (χ0n) is 12.4. The molecule has 0 aromatic heterocycles. The Balaban J connectivity index is 2.32. The first-order valence-electron chi connectivity index (χ1n) is 7.17. The van der Waals surface area contributed by atoms with Crippen LogP contribution in [0.2, 0.25) is 0 Å². The minimum Gasteiger partial charge on any atom is -0.396 e. The zero-order chi connectivity index (χ0) is 14.3. The zero-order valence-corrected chi connectivity index (χ0v) is 12.4. The Morgan fingerprint density at radius 1 is 1.42 bits per heavy atom. The standard InChI is InChI=1S/C14H28N2O3/c1-12(13(18)16-6-9-19-10-7-16)15-11-14(2,3)5-4-8-17/h12,15,17H,4-11H2,1-3H3. The van der Waals surface area contributed by atoms with Crippen molar-refractivity contribution in [1.29, 1.82) is 0 Å². The number of aliphatic hydroxyl groups is 1. The van der Waals surface area contributed by atoms with Gasteiger partial charge in [-0.1, -0.05) is 13.8 Å². The van der Waals surface area contributed by atoms with E-state index in [-0.39, 0.29) is 24.0 Å².